The maximum absolute atomic E-state index is 13.2. The van der Waals surface area contributed by atoms with Gasteiger partial charge in [0.15, 0.2) is 11.4 Å². The molecular formula is C22H16N4O4. The Morgan fingerprint density at radius 1 is 0.933 bits per heavy atom. The van der Waals surface area contributed by atoms with Crippen molar-refractivity contribution in [1.82, 2.24) is 15.0 Å². The van der Waals surface area contributed by atoms with Crippen molar-refractivity contribution in [3.63, 3.8) is 0 Å². The van der Waals surface area contributed by atoms with Crippen molar-refractivity contribution < 1.29 is 14.5 Å². The molecule has 0 amide bonds. The average molecular weight is 400 g/mol. The van der Waals surface area contributed by atoms with Crippen LogP contribution in [0.4, 0.5) is 5.69 Å². The van der Waals surface area contributed by atoms with Crippen LogP contribution in [0.15, 0.2) is 78.9 Å². The smallest absolute Gasteiger partial charge is 0.296 e. The zero-order chi connectivity index (χ0) is 21.1. The summed E-state index contributed by atoms with van der Waals surface area (Å²) >= 11 is 0. The van der Waals surface area contributed by atoms with Crippen LogP contribution in [0, 0.1) is 10.1 Å². The largest absolute Gasteiger partial charge is 0.497 e. The first-order valence-electron chi connectivity index (χ1n) is 9.04. The number of para-hydroxylation sites is 2. The summed E-state index contributed by atoms with van der Waals surface area (Å²) in [5.41, 5.74) is 1.55. The molecule has 0 bridgehead atoms. The molecule has 0 unspecified atom stereocenters. The fourth-order valence-electron chi connectivity index (χ4n) is 3.02. The fraction of sp³-hybridized carbons (Fsp3) is 0.0455. The van der Waals surface area contributed by atoms with Crippen molar-refractivity contribution in [2.75, 3.05) is 7.11 Å². The second kappa shape index (κ2) is 7.96. The maximum Gasteiger partial charge on any atom is 0.296 e. The number of rotatable bonds is 6. The predicted molar refractivity (Wildman–Crippen MR) is 110 cm³/mol. The van der Waals surface area contributed by atoms with Gasteiger partial charge in [0.1, 0.15) is 11.4 Å². The molecule has 1 heterocycles. The Kier molecular flexibility index (Phi) is 5.04. The lowest BCUT2D eigenvalue weighted by molar-refractivity contribution is -0.384. The highest BCUT2D eigenvalue weighted by atomic mass is 16.6. The molecule has 30 heavy (non-hydrogen) atoms. The lowest BCUT2D eigenvalue weighted by Gasteiger charge is -2.03. The van der Waals surface area contributed by atoms with E-state index in [4.69, 9.17) is 4.74 Å². The normalized spacial score (nSPS) is 10.6. The first-order chi connectivity index (χ1) is 14.6. The maximum atomic E-state index is 13.2. The molecular weight excluding hydrogens is 384 g/mol. The average Bonchev–Trinajstić information content (AvgIpc) is 3.24. The fourth-order valence-corrected chi connectivity index (χ4v) is 3.02. The van der Waals surface area contributed by atoms with Gasteiger partial charge in [-0.3, -0.25) is 14.9 Å². The third-order valence-corrected chi connectivity index (χ3v) is 4.52. The highest BCUT2D eigenvalue weighted by Crippen LogP contribution is 2.27. The molecule has 0 aliphatic rings. The van der Waals surface area contributed by atoms with Crippen molar-refractivity contribution in [2.45, 2.75) is 0 Å². The van der Waals surface area contributed by atoms with E-state index in [0.717, 1.165) is 4.80 Å². The molecule has 148 valence electrons. The van der Waals surface area contributed by atoms with Crippen LogP contribution >= 0.6 is 0 Å². The van der Waals surface area contributed by atoms with Gasteiger partial charge in [-0.05, 0) is 30.3 Å². The number of hydrogen-bond donors (Lipinski definition) is 0. The topological polar surface area (TPSA) is 100 Å². The van der Waals surface area contributed by atoms with Gasteiger partial charge in [-0.2, -0.15) is 0 Å². The number of carbonyl (C=O) groups excluding carboxylic acids is 1. The molecule has 8 heteroatoms. The summed E-state index contributed by atoms with van der Waals surface area (Å²) in [7, 11) is 1.54. The van der Waals surface area contributed by atoms with E-state index in [-0.39, 0.29) is 22.9 Å². The second-order valence-corrected chi connectivity index (χ2v) is 6.36. The Morgan fingerprint density at radius 2 is 1.60 bits per heavy atom. The van der Waals surface area contributed by atoms with E-state index in [9.17, 15) is 14.9 Å². The van der Waals surface area contributed by atoms with E-state index in [1.807, 2.05) is 18.2 Å². The summed E-state index contributed by atoms with van der Waals surface area (Å²) in [5.74, 6) is 0.278. The first kappa shape index (κ1) is 19.0. The van der Waals surface area contributed by atoms with Crippen LogP contribution in [-0.2, 0) is 0 Å². The van der Waals surface area contributed by atoms with Gasteiger partial charge in [0.2, 0.25) is 5.78 Å². The van der Waals surface area contributed by atoms with E-state index in [2.05, 4.69) is 10.2 Å². The van der Waals surface area contributed by atoms with Crippen LogP contribution in [0.25, 0.3) is 16.9 Å². The van der Waals surface area contributed by atoms with Gasteiger partial charge in [0, 0.05) is 17.2 Å². The number of nitrogens with zero attached hydrogens (tertiary/aromatic N) is 4. The number of ketones is 1. The lowest BCUT2D eigenvalue weighted by atomic mass is 10.0. The number of nitro groups is 1. The van der Waals surface area contributed by atoms with Crippen LogP contribution in [0.1, 0.15) is 16.1 Å². The Hall–Kier alpha value is -4.33. The molecule has 0 fully saturated rings. The number of benzene rings is 3. The number of aromatic nitrogens is 3. The summed E-state index contributed by atoms with van der Waals surface area (Å²) in [6.07, 6.45) is 0. The molecule has 0 aliphatic carbocycles. The molecule has 0 spiro atoms. The first-order valence-corrected chi connectivity index (χ1v) is 9.04. The number of ether oxygens (including phenoxy) is 1. The standard InChI is InChI=1S/C22H16N4O4/c1-30-17-13-11-16(12-14-17)22(27)21-20(15-7-3-2-4-8-15)23-25(24-21)18-9-5-6-10-19(18)26(28)29/h2-14H,1H3. The quantitative estimate of drug-likeness (QED) is 0.275. The van der Waals surface area contributed by atoms with Gasteiger partial charge in [-0.25, -0.2) is 0 Å². The molecule has 8 nitrogen and oxygen atoms in total. The van der Waals surface area contributed by atoms with E-state index in [1.165, 1.54) is 12.1 Å². The number of hydrogen-bond acceptors (Lipinski definition) is 6. The van der Waals surface area contributed by atoms with Gasteiger partial charge in [0.25, 0.3) is 5.69 Å². The van der Waals surface area contributed by atoms with Gasteiger partial charge >= 0.3 is 0 Å². The Morgan fingerprint density at radius 3 is 2.27 bits per heavy atom. The second-order valence-electron chi connectivity index (χ2n) is 6.36. The van der Waals surface area contributed by atoms with Crippen molar-refractivity contribution in [3.05, 3.63) is 100 Å². The molecule has 0 N–H and O–H groups in total. The van der Waals surface area contributed by atoms with Crippen LogP contribution < -0.4 is 4.74 Å². The predicted octanol–water partition coefficient (Wildman–Crippen LogP) is 4.08. The van der Waals surface area contributed by atoms with E-state index < -0.39 is 4.92 Å². The number of carbonyl (C=O) groups is 1. The minimum atomic E-state index is -0.508. The van der Waals surface area contributed by atoms with Gasteiger partial charge < -0.3 is 4.74 Å². The summed E-state index contributed by atoms with van der Waals surface area (Å²) in [6, 6.07) is 21.9. The van der Waals surface area contributed by atoms with Crippen LogP contribution in [0.2, 0.25) is 0 Å². The molecule has 0 aliphatic heterocycles. The van der Waals surface area contributed by atoms with E-state index in [1.54, 1.807) is 55.6 Å². The van der Waals surface area contributed by atoms with E-state index >= 15 is 0 Å². The summed E-state index contributed by atoms with van der Waals surface area (Å²) in [4.78, 5) is 25.3. The molecule has 0 saturated heterocycles. The number of nitro benzene ring substituents is 1. The number of methoxy groups -OCH3 is 1. The zero-order valence-electron chi connectivity index (χ0n) is 15.9. The van der Waals surface area contributed by atoms with E-state index in [0.29, 0.717) is 22.6 Å². The van der Waals surface area contributed by atoms with Crippen LogP contribution in [0.5, 0.6) is 5.75 Å². The molecule has 0 radical (unpaired) electrons. The van der Waals surface area contributed by atoms with Crippen LogP contribution in [-0.4, -0.2) is 32.8 Å². The van der Waals surface area contributed by atoms with Gasteiger partial charge in [0.05, 0.1) is 12.0 Å². The molecule has 1 aromatic heterocycles. The van der Waals surface area contributed by atoms with Crippen molar-refractivity contribution in [3.8, 4) is 22.7 Å². The highest BCUT2D eigenvalue weighted by molar-refractivity contribution is 6.11. The Bertz CT molecular complexity index is 1220. The Balaban J connectivity index is 1.87. The Labute approximate surface area is 171 Å². The summed E-state index contributed by atoms with van der Waals surface area (Å²) < 4.78 is 5.14. The van der Waals surface area contributed by atoms with Crippen molar-refractivity contribution >= 4 is 11.5 Å². The highest BCUT2D eigenvalue weighted by Gasteiger charge is 2.24. The van der Waals surface area contributed by atoms with Gasteiger partial charge in [-0.1, -0.05) is 42.5 Å². The molecule has 0 saturated carbocycles. The summed E-state index contributed by atoms with van der Waals surface area (Å²) in [5, 5.41) is 20.2. The third kappa shape index (κ3) is 3.53. The monoisotopic (exact) mass is 400 g/mol. The molecule has 0 atom stereocenters. The molecule has 3 aromatic carbocycles. The molecule has 4 aromatic rings. The third-order valence-electron chi connectivity index (χ3n) is 4.52. The minimum absolute atomic E-state index is 0.101. The van der Waals surface area contributed by atoms with Crippen molar-refractivity contribution in [1.29, 1.82) is 0 Å². The minimum Gasteiger partial charge on any atom is -0.497 e. The molecule has 4 rings (SSSR count). The lowest BCUT2D eigenvalue weighted by Crippen LogP contribution is -2.06. The SMILES string of the molecule is COc1ccc(C(=O)c2nn(-c3ccccc3[N+](=O)[O-])nc2-c2ccccc2)cc1. The van der Waals surface area contributed by atoms with Crippen LogP contribution in [0.3, 0.4) is 0 Å². The van der Waals surface area contributed by atoms with Crippen molar-refractivity contribution in [2.24, 2.45) is 0 Å². The summed E-state index contributed by atoms with van der Waals surface area (Å²) in [6.45, 7) is 0. The van der Waals surface area contributed by atoms with Gasteiger partial charge in [-0.15, -0.1) is 15.0 Å². The zero-order valence-corrected chi connectivity index (χ0v) is 15.9.